The number of hydrogen-bond donors (Lipinski definition) is 3. The summed E-state index contributed by atoms with van der Waals surface area (Å²) < 4.78 is 5.42. The molecule has 0 fully saturated rings. The van der Waals surface area contributed by atoms with E-state index in [4.69, 9.17) is 4.74 Å². The Kier molecular flexibility index (Phi) is 14.2. The fourth-order valence-electron chi connectivity index (χ4n) is 4.24. The lowest BCUT2D eigenvalue weighted by atomic mass is 9.96. The lowest BCUT2D eigenvalue weighted by Gasteiger charge is -2.36. The van der Waals surface area contributed by atoms with Gasteiger partial charge in [0.2, 0.25) is 11.8 Å². The molecule has 1 aromatic carbocycles. The molecule has 0 aromatic heterocycles. The highest BCUT2D eigenvalue weighted by atomic mass is 16.6. The predicted molar refractivity (Wildman–Crippen MR) is 152 cm³/mol. The van der Waals surface area contributed by atoms with Crippen LogP contribution in [0.3, 0.4) is 0 Å². The third-order valence-corrected chi connectivity index (χ3v) is 6.34. The molecule has 0 spiro atoms. The van der Waals surface area contributed by atoms with Crippen LogP contribution < -0.4 is 10.6 Å². The van der Waals surface area contributed by atoms with Crippen LogP contribution in [0, 0.1) is 12.8 Å². The fraction of sp³-hybridized carbons (Fsp3) is 0.700. The molecule has 0 heterocycles. The Morgan fingerprint density at radius 3 is 2.21 bits per heavy atom. The highest BCUT2D eigenvalue weighted by Gasteiger charge is 2.38. The van der Waals surface area contributed by atoms with Crippen molar-refractivity contribution in [2.24, 2.45) is 5.92 Å². The summed E-state index contributed by atoms with van der Waals surface area (Å²) in [5.74, 6) is -0.983. The second-order valence-electron chi connectivity index (χ2n) is 11.4. The number of para-hydroxylation sites is 1. The van der Waals surface area contributed by atoms with E-state index >= 15 is 0 Å². The summed E-state index contributed by atoms with van der Waals surface area (Å²) in [6.07, 6.45) is 5.78. The summed E-state index contributed by atoms with van der Waals surface area (Å²) >= 11 is 0. The molecule has 0 saturated heterocycles. The smallest absolute Gasteiger partial charge is 0.408 e. The molecule has 2 atom stereocenters. The number of rotatable bonds is 15. The van der Waals surface area contributed by atoms with Crippen molar-refractivity contribution < 1.29 is 24.2 Å². The summed E-state index contributed by atoms with van der Waals surface area (Å²) in [6, 6.07) is 3.30. The van der Waals surface area contributed by atoms with Gasteiger partial charge < -0.3 is 25.4 Å². The molecule has 0 bridgehead atoms. The number of benzene rings is 1. The average molecular weight is 534 g/mol. The van der Waals surface area contributed by atoms with Crippen LogP contribution in [0.15, 0.2) is 18.2 Å². The Labute approximate surface area is 229 Å². The van der Waals surface area contributed by atoms with Crippen LogP contribution in [-0.4, -0.2) is 52.6 Å². The van der Waals surface area contributed by atoms with Crippen molar-refractivity contribution in [3.8, 4) is 5.75 Å². The highest BCUT2D eigenvalue weighted by molar-refractivity contribution is 5.92. The molecule has 1 rings (SSSR count). The fourth-order valence-corrected chi connectivity index (χ4v) is 4.24. The first-order valence-electron chi connectivity index (χ1n) is 14.2. The van der Waals surface area contributed by atoms with Crippen LogP contribution in [0.5, 0.6) is 5.75 Å². The van der Waals surface area contributed by atoms with Gasteiger partial charge in [-0.15, -0.1) is 0 Å². The zero-order valence-electron chi connectivity index (χ0n) is 24.9. The van der Waals surface area contributed by atoms with E-state index in [2.05, 4.69) is 24.5 Å². The number of phenolic OH excluding ortho intramolecular Hbond substituents is 1. The number of unbranched alkanes of at least 4 members (excludes halogenated alkanes) is 5. The molecule has 3 N–H and O–H groups in total. The van der Waals surface area contributed by atoms with Gasteiger partial charge in [-0.25, -0.2) is 4.79 Å². The first-order chi connectivity index (χ1) is 17.8. The topological polar surface area (TPSA) is 108 Å². The molecule has 0 saturated carbocycles. The molecule has 8 nitrogen and oxygen atoms in total. The predicted octanol–water partition coefficient (Wildman–Crippen LogP) is 6.01. The molecule has 0 aliphatic heterocycles. The number of aryl methyl sites for hydroxylation is 1. The number of alkyl carbamates (subject to hydrolysis) is 1. The van der Waals surface area contributed by atoms with Crippen molar-refractivity contribution in [3.05, 3.63) is 29.3 Å². The van der Waals surface area contributed by atoms with Gasteiger partial charge >= 0.3 is 6.09 Å². The average Bonchev–Trinajstić information content (AvgIpc) is 2.82. The SMILES string of the molecule is CCCCCCN(C(=O)C(NC(=O)OC(C)(C)C)C(C)C)C(C(=O)NCCCCC)c1cccc(C)c1O. The van der Waals surface area contributed by atoms with Crippen molar-refractivity contribution in [3.63, 3.8) is 0 Å². The monoisotopic (exact) mass is 533 g/mol. The largest absolute Gasteiger partial charge is 0.507 e. The number of hydrogen-bond acceptors (Lipinski definition) is 5. The summed E-state index contributed by atoms with van der Waals surface area (Å²) in [5, 5.41) is 16.7. The van der Waals surface area contributed by atoms with Crippen LogP contribution in [0.2, 0.25) is 0 Å². The van der Waals surface area contributed by atoms with Gasteiger partial charge in [-0.05, 0) is 52.0 Å². The normalized spacial score (nSPS) is 13.1. The first-order valence-corrected chi connectivity index (χ1v) is 14.2. The molecule has 0 aliphatic rings. The lowest BCUT2D eigenvalue weighted by Crippen LogP contribution is -2.55. The minimum atomic E-state index is -1.03. The number of carbonyl (C=O) groups is 3. The Balaban J connectivity index is 3.49. The maximum absolute atomic E-state index is 14.1. The summed E-state index contributed by atoms with van der Waals surface area (Å²) in [6.45, 7) is 15.8. The van der Waals surface area contributed by atoms with Gasteiger partial charge in [0.1, 0.15) is 23.4 Å². The van der Waals surface area contributed by atoms with Crippen LogP contribution in [-0.2, 0) is 14.3 Å². The number of phenols is 1. The molecule has 216 valence electrons. The summed E-state index contributed by atoms with van der Waals surface area (Å²) in [4.78, 5) is 42.0. The molecule has 2 unspecified atom stereocenters. The van der Waals surface area contributed by atoms with Gasteiger partial charge in [-0.2, -0.15) is 0 Å². The van der Waals surface area contributed by atoms with E-state index < -0.39 is 23.8 Å². The van der Waals surface area contributed by atoms with Crippen molar-refractivity contribution in [2.75, 3.05) is 13.1 Å². The molecule has 8 heteroatoms. The molecular weight excluding hydrogens is 482 g/mol. The number of ether oxygens (including phenoxy) is 1. The molecule has 0 radical (unpaired) electrons. The van der Waals surface area contributed by atoms with Crippen molar-refractivity contribution >= 4 is 17.9 Å². The Morgan fingerprint density at radius 1 is 1.00 bits per heavy atom. The molecule has 3 amide bonds. The van der Waals surface area contributed by atoms with E-state index in [9.17, 15) is 19.5 Å². The van der Waals surface area contributed by atoms with E-state index in [1.807, 2.05) is 13.8 Å². The first kappa shape index (κ1) is 33.3. The van der Waals surface area contributed by atoms with E-state index in [0.29, 0.717) is 30.6 Å². The minimum absolute atomic E-state index is 0.00577. The van der Waals surface area contributed by atoms with E-state index in [0.717, 1.165) is 38.5 Å². The van der Waals surface area contributed by atoms with Gasteiger partial charge in [0.05, 0.1) is 0 Å². The highest BCUT2D eigenvalue weighted by Crippen LogP contribution is 2.33. The third kappa shape index (κ3) is 10.9. The summed E-state index contributed by atoms with van der Waals surface area (Å²) in [7, 11) is 0. The van der Waals surface area contributed by atoms with Gasteiger partial charge in [0.25, 0.3) is 0 Å². The summed E-state index contributed by atoms with van der Waals surface area (Å²) in [5.41, 5.74) is 0.279. The number of amides is 3. The Bertz CT molecular complexity index is 894. The minimum Gasteiger partial charge on any atom is -0.507 e. The molecular formula is C30H51N3O5. The Morgan fingerprint density at radius 2 is 1.63 bits per heavy atom. The molecule has 38 heavy (non-hydrogen) atoms. The second kappa shape index (κ2) is 16.2. The van der Waals surface area contributed by atoms with Crippen LogP contribution in [0.1, 0.15) is 111 Å². The van der Waals surface area contributed by atoms with E-state index in [1.54, 1.807) is 45.9 Å². The zero-order valence-corrected chi connectivity index (χ0v) is 24.9. The number of aromatic hydroxyl groups is 1. The van der Waals surface area contributed by atoms with Crippen molar-refractivity contribution in [1.82, 2.24) is 15.5 Å². The van der Waals surface area contributed by atoms with Crippen LogP contribution in [0.25, 0.3) is 0 Å². The quantitative estimate of drug-likeness (QED) is 0.239. The maximum Gasteiger partial charge on any atom is 0.408 e. The molecule has 1 aromatic rings. The van der Waals surface area contributed by atoms with Gasteiger partial charge in [0.15, 0.2) is 0 Å². The van der Waals surface area contributed by atoms with Gasteiger partial charge in [-0.1, -0.05) is 78.0 Å². The van der Waals surface area contributed by atoms with E-state index in [-0.39, 0.29) is 23.5 Å². The van der Waals surface area contributed by atoms with E-state index in [1.165, 1.54) is 4.90 Å². The maximum atomic E-state index is 14.1. The lowest BCUT2D eigenvalue weighted by molar-refractivity contribution is -0.143. The standard InChI is InChI=1S/C30H51N3O5/c1-9-11-13-15-20-33(28(36)24(21(3)4)32-29(37)38-30(6,7)8)25(27(35)31-19-14-12-10-2)23-18-16-17-22(5)26(23)34/h16-18,21,24-25,34H,9-15,19-20H2,1-8H3,(H,31,35)(H,32,37). The van der Waals surface area contributed by atoms with Crippen molar-refractivity contribution in [1.29, 1.82) is 0 Å². The zero-order chi connectivity index (χ0) is 28.9. The second-order valence-corrected chi connectivity index (χ2v) is 11.4. The van der Waals surface area contributed by atoms with Crippen LogP contribution in [0.4, 0.5) is 4.79 Å². The third-order valence-electron chi connectivity index (χ3n) is 6.34. The number of nitrogens with one attached hydrogen (secondary N) is 2. The number of carbonyl (C=O) groups excluding carboxylic acids is 3. The van der Waals surface area contributed by atoms with Gasteiger partial charge in [0, 0.05) is 18.7 Å². The Hall–Kier alpha value is -2.77. The molecule has 0 aliphatic carbocycles. The van der Waals surface area contributed by atoms with Gasteiger partial charge in [-0.3, -0.25) is 9.59 Å². The van der Waals surface area contributed by atoms with Crippen molar-refractivity contribution in [2.45, 2.75) is 118 Å². The van der Waals surface area contributed by atoms with Crippen LogP contribution >= 0.6 is 0 Å². The number of nitrogens with zero attached hydrogens (tertiary/aromatic N) is 1.